The molecule has 120 valence electrons. The maximum atomic E-state index is 12.5. The number of carbonyl (C=O) groups excluding carboxylic acids is 1. The molecule has 0 aromatic heterocycles. The van der Waals surface area contributed by atoms with Gasteiger partial charge in [-0.15, -0.1) is 0 Å². The van der Waals surface area contributed by atoms with Crippen LogP contribution in [0.2, 0.25) is 0 Å². The molecule has 2 aliphatic rings. The van der Waals surface area contributed by atoms with Crippen LogP contribution in [0.3, 0.4) is 0 Å². The predicted octanol–water partition coefficient (Wildman–Crippen LogP) is 1.77. The fraction of sp³-hybridized carbons (Fsp3) is 0.562. The van der Waals surface area contributed by atoms with Gasteiger partial charge in [-0.1, -0.05) is 18.2 Å². The Bertz CT molecular complexity index is 701. The van der Waals surface area contributed by atoms with Crippen LogP contribution in [0.4, 0.5) is 5.69 Å². The summed E-state index contributed by atoms with van der Waals surface area (Å²) in [5.74, 6) is 0.225. The number of sulfonamides is 1. The highest BCUT2D eigenvalue weighted by atomic mass is 32.2. The van der Waals surface area contributed by atoms with Crippen LogP contribution < -0.4 is 4.90 Å². The molecule has 0 N–H and O–H groups in total. The minimum absolute atomic E-state index is 0.102. The fourth-order valence-electron chi connectivity index (χ4n) is 3.57. The molecule has 1 aromatic carbocycles. The molecule has 3 rings (SSSR count). The van der Waals surface area contributed by atoms with E-state index in [1.54, 1.807) is 11.2 Å². The molecule has 1 atom stereocenters. The van der Waals surface area contributed by atoms with E-state index < -0.39 is 10.0 Å². The second-order valence-corrected chi connectivity index (χ2v) is 8.68. The Hall–Kier alpha value is -1.40. The Morgan fingerprint density at radius 1 is 1.23 bits per heavy atom. The molecule has 5 nitrogen and oxygen atoms in total. The van der Waals surface area contributed by atoms with Gasteiger partial charge in [-0.05, 0) is 31.9 Å². The zero-order valence-corrected chi connectivity index (χ0v) is 13.9. The summed E-state index contributed by atoms with van der Waals surface area (Å²) in [6.07, 6.45) is 1.21. The van der Waals surface area contributed by atoms with E-state index in [0.29, 0.717) is 26.1 Å². The van der Waals surface area contributed by atoms with Crippen molar-refractivity contribution in [3.63, 3.8) is 0 Å². The van der Waals surface area contributed by atoms with Gasteiger partial charge in [0.2, 0.25) is 15.9 Å². The summed E-state index contributed by atoms with van der Waals surface area (Å²) in [5, 5.41) is 0. The van der Waals surface area contributed by atoms with Crippen LogP contribution in [0.25, 0.3) is 0 Å². The third kappa shape index (κ3) is 2.54. The molecule has 1 aromatic rings. The van der Waals surface area contributed by atoms with Crippen LogP contribution in [0.5, 0.6) is 0 Å². The first kappa shape index (κ1) is 15.5. The molecule has 1 amide bonds. The smallest absolute Gasteiger partial charge is 0.227 e. The summed E-state index contributed by atoms with van der Waals surface area (Å²) < 4.78 is 25.7. The minimum Gasteiger partial charge on any atom is -0.312 e. The second-order valence-electron chi connectivity index (χ2n) is 6.43. The summed E-state index contributed by atoms with van der Waals surface area (Å²) in [5.41, 5.74) is 1.80. The van der Waals surface area contributed by atoms with Crippen molar-refractivity contribution in [2.45, 2.75) is 26.7 Å². The summed E-state index contributed by atoms with van der Waals surface area (Å²) in [6, 6.07) is 7.85. The summed E-state index contributed by atoms with van der Waals surface area (Å²) in [4.78, 5) is 14.3. The van der Waals surface area contributed by atoms with Crippen molar-refractivity contribution in [3.05, 3.63) is 29.8 Å². The molecule has 2 heterocycles. The lowest BCUT2D eigenvalue weighted by Gasteiger charge is -2.24. The van der Waals surface area contributed by atoms with Crippen LogP contribution in [0.15, 0.2) is 24.3 Å². The van der Waals surface area contributed by atoms with Crippen molar-refractivity contribution in [2.75, 3.05) is 30.3 Å². The molecule has 6 heteroatoms. The average Bonchev–Trinajstić information content (AvgIpc) is 3.04. The minimum atomic E-state index is -3.17. The average molecular weight is 322 g/mol. The molecule has 22 heavy (non-hydrogen) atoms. The highest BCUT2D eigenvalue weighted by Crippen LogP contribution is 2.43. The molecular weight excluding hydrogens is 300 g/mol. The number of amides is 1. The SMILES string of the molecule is CCS(=O)(=O)N1CC[C@]2(CC(=O)N(c3ccccc3C)C2)C1. The lowest BCUT2D eigenvalue weighted by Crippen LogP contribution is -2.35. The van der Waals surface area contributed by atoms with Crippen molar-refractivity contribution in [2.24, 2.45) is 5.41 Å². The zero-order chi connectivity index (χ0) is 16.0. The van der Waals surface area contributed by atoms with E-state index in [-0.39, 0.29) is 17.1 Å². The van der Waals surface area contributed by atoms with Gasteiger partial charge >= 0.3 is 0 Å². The molecular formula is C16H22N2O3S. The molecule has 0 bridgehead atoms. The number of benzene rings is 1. The first-order valence-corrected chi connectivity index (χ1v) is 9.32. The van der Waals surface area contributed by atoms with E-state index in [4.69, 9.17) is 0 Å². The number of rotatable bonds is 3. The van der Waals surface area contributed by atoms with E-state index >= 15 is 0 Å². The van der Waals surface area contributed by atoms with Crippen LogP contribution in [-0.2, 0) is 14.8 Å². The van der Waals surface area contributed by atoms with Gasteiger partial charge in [-0.25, -0.2) is 12.7 Å². The highest BCUT2D eigenvalue weighted by Gasteiger charge is 2.50. The van der Waals surface area contributed by atoms with E-state index in [1.807, 2.05) is 36.1 Å². The Morgan fingerprint density at radius 3 is 2.64 bits per heavy atom. The third-order valence-corrected chi connectivity index (χ3v) is 6.72. The molecule has 1 spiro atoms. The second kappa shape index (κ2) is 5.35. The van der Waals surface area contributed by atoms with E-state index in [0.717, 1.165) is 17.7 Å². The third-order valence-electron chi connectivity index (χ3n) is 4.89. The highest BCUT2D eigenvalue weighted by molar-refractivity contribution is 7.89. The fourth-order valence-corrected chi connectivity index (χ4v) is 4.77. The van der Waals surface area contributed by atoms with Gasteiger partial charge in [0.1, 0.15) is 0 Å². The Kier molecular flexibility index (Phi) is 3.77. The number of para-hydroxylation sites is 1. The normalized spacial score (nSPS) is 26.3. The molecule has 0 unspecified atom stereocenters. The van der Waals surface area contributed by atoms with Crippen molar-refractivity contribution in [1.29, 1.82) is 0 Å². The van der Waals surface area contributed by atoms with Crippen LogP contribution in [-0.4, -0.2) is 44.0 Å². The van der Waals surface area contributed by atoms with Gasteiger partial charge in [-0.2, -0.15) is 0 Å². The molecule has 0 saturated carbocycles. The lowest BCUT2D eigenvalue weighted by atomic mass is 9.86. The summed E-state index contributed by atoms with van der Waals surface area (Å²) in [6.45, 7) is 5.28. The molecule has 0 radical (unpaired) electrons. The first-order valence-electron chi connectivity index (χ1n) is 7.71. The van der Waals surface area contributed by atoms with Crippen molar-refractivity contribution in [1.82, 2.24) is 4.31 Å². The lowest BCUT2D eigenvalue weighted by molar-refractivity contribution is -0.117. The van der Waals surface area contributed by atoms with E-state index in [2.05, 4.69) is 0 Å². The largest absolute Gasteiger partial charge is 0.312 e. The summed E-state index contributed by atoms with van der Waals surface area (Å²) in [7, 11) is -3.17. The van der Waals surface area contributed by atoms with Crippen LogP contribution in [0, 0.1) is 12.3 Å². The van der Waals surface area contributed by atoms with Crippen molar-refractivity contribution >= 4 is 21.6 Å². The predicted molar refractivity (Wildman–Crippen MR) is 86.2 cm³/mol. The van der Waals surface area contributed by atoms with Gasteiger partial charge in [0.05, 0.1) is 5.75 Å². The molecule has 0 aliphatic carbocycles. The van der Waals surface area contributed by atoms with Crippen molar-refractivity contribution in [3.8, 4) is 0 Å². The number of nitrogens with zero attached hydrogens (tertiary/aromatic N) is 2. The molecule has 2 fully saturated rings. The Balaban J connectivity index is 1.83. The summed E-state index contributed by atoms with van der Waals surface area (Å²) >= 11 is 0. The Labute approximate surface area is 132 Å². The monoisotopic (exact) mass is 322 g/mol. The Morgan fingerprint density at radius 2 is 1.95 bits per heavy atom. The van der Waals surface area contributed by atoms with E-state index in [1.165, 1.54) is 0 Å². The van der Waals surface area contributed by atoms with Gasteiger partial charge in [0.15, 0.2) is 0 Å². The molecule has 2 aliphatic heterocycles. The zero-order valence-electron chi connectivity index (χ0n) is 13.1. The number of hydrogen-bond acceptors (Lipinski definition) is 3. The van der Waals surface area contributed by atoms with Crippen molar-refractivity contribution < 1.29 is 13.2 Å². The number of hydrogen-bond donors (Lipinski definition) is 0. The van der Waals surface area contributed by atoms with Crippen LogP contribution in [0.1, 0.15) is 25.3 Å². The van der Waals surface area contributed by atoms with E-state index in [9.17, 15) is 13.2 Å². The van der Waals surface area contributed by atoms with Gasteiger partial charge in [0.25, 0.3) is 0 Å². The number of anilines is 1. The first-order chi connectivity index (χ1) is 10.4. The van der Waals surface area contributed by atoms with Crippen LogP contribution >= 0.6 is 0 Å². The topological polar surface area (TPSA) is 57.7 Å². The quantitative estimate of drug-likeness (QED) is 0.852. The molecule has 2 saturated heterocycles. The van der Waals surface area contributed by atoms with Gasteiger partial charge in [0, 0.05) is 37.2 Å². The maximum absolute atomic E-state index is 12.5. The van der Waals surface area contributed by atoms with Gasteiger partial charge in [-0.3, -0.25) is 4.79 Å². The van der Waals surface area contributed by atoms with Gasteiger partial charge < -0.3 is 4.90 Å². The number of carbonyl (C=O) groups is 1. The maximum Gasteiger partial charge on any atom is 0.227 e. The standard InChI is InChI=1S/C16H22N2O3S/c1-3-22(20,21)17-9-8-16(11-17)10-15(19)18(12-16)14-7-5-4-6-13(14)2/h4-7H,3,8-12H2,1-2H3/t16-/m0/s1. The number of aryl methyl sites for hydroxylation is 1.